The second kappa shape index (κ2) is 5.39. The van der Waals surface area contributed by atoms with E-state index in [1.807, 2.05) is 38.1 Å². The number of fused-ring (bicyclic) bond motifs is 1. The van der Waals surface area contributed by atoms with Gasteiger partial charge in [-0.2, -0.15) is 0 Å². The number of nitrogens with zero attached hydrogens (tertiary/aromatic N) is 2. The smallest absolute Gasteiger partial charge is 0.327 e. The molecule has 2 aliphatic rings. The molecule has 21 heavy (non-hydrogen) atoms. The minimum absolute atomic E-state index is 0.0720. The number of ether oxygens (including phenoxy) is 1. The second-order valence-electron chi connectivity index (χ2n) is 5.83. The van der Waals surface area contributed by atoms with E-state index in [4.69, 9.17) is 4.74 Å². The summed E-state index contributed by atoms with van der Waals surface area (Å²) < 4.78 is 5.81. The SMILES string of the molecule is Cc1cccc(O[C@@H](C)CN2C(=O)[C@@H]3CCCN3C2=O)c1. The number of aryl methyl sites for hydroxylation is 1. The maximum absolute atomic E-state index is 12.2. The molecule has 0 unspecified atom stereocenters. The number of urea groups is 1. The topological polar surface area (TPSA) is 49.9 Å². The minimum Gasteiger partial charge on any atom is -0.489 e. The lowest BCUT2D eigenvalue weighted by Crippen LogP contribution is -2.39. The van der Waals surface area contributed by atoms with E-state index in [0.717, 1.165) is 24.2 Å². The van der Waals surface area contributed by atoms with Gasteiger partial charge in [-0.05, 0) is 44.4 Å². The van der Waals surface area contributed by atoms with Crippen LogP contribution in [0.4, 0.5) is 4.79 Å². The first-order valence-corrected chi connectivity index (χ1v) is 7.41. The molecule has 0 saturated carbocycles. The number of rotatable bonds is 4. The lowest BCUT2D eigenvalue weighted by atomic mass is 10.2. The molecule has 0 spiro atoms. The van der Waals surface area contributed by atoms with Gasteiger partial charge in [0.25, 0.3) is 5.91 Å². The van der Waals surface area contributed by atoms with Crippen molar-refractivity contribution >= 4 is 11.9 Å². The summed E-state index contributed by atoms with van der Waals surface area (Å²) in [5.41, 5.74) is 1.12. The Morgan fingerprint density at radius 3 is 2.90 bits per heavy atom. The number of carbonyl (C=O) groups excluding carboxylic acids is 2. The maximum atomic E-state index is 12.2. The van der Waals surface area contributed by atoms with Crippen LogP contribution in [0.3, 0.4) is 0 Å². The van der Waals surface area contributed by atoms with Crippen LogP contribution in [-0.2, 0) is 4.79 Å². The molecule has 2 fully saturated rings. The van der Waals surface area contributed by atoms with Crippen LogP contribution in [0.25, 0.3) is 0 Å². The van der Waals surface area contributed by atoms with Crippen molar-refractivity contribution in [2.45, 2.75) is 38.8 Å². The monoisotopic (exact) mass is 288 g/mol. The van der Waals surface area contributed by atoms with E-state index in [1.165, 1.54) is 4.90 Å². The van der Waals surface area contributed by atoms with Crippen LogP contribution in [0.5, 0.6) is 5.75 Å². The van der Waals surface area contributed by atoms with Crippen LogP contribution in [0.1, 0.15) is 25.3 Å². The summed E-state index contributed by atoms with van der Waals surface area (Å²) in [5, 5.41) is 0. The van der Waals surface area contributed by atoms with Gasteiger partial charge in [0.05, 0.1) is 6.54 Å². The van der Waals surface area contributed by atoms with Gasteiger partial charge in [0.2, 0.25) is 0 Å². The Kier molecular flexibility index (Phi) is 3.57. The highest BCUT2D eigenvalue weighted by Gasteiger charge is 2.47. The molecular formula is C16H20N2O3. The molecular weight excluding hydrogens is 268 g/mol. The van der Waals surface area contributed by atoms with Crippen LogP contribution >= 0.6 is 0 Å². The largest absolute Gasteiger partial charge is 0.489 e. The molecule has 2 saturated heterocycles. The van der Waals surface area contributed by atoms with Crippen molar-refractivity contribution in [2.75, 3.05) is 13.1 Å². The summed E-state index contributed by atoms with van der Waals surface area (Å²) in [7, 11) is 0. The Hall–Kier alpha value is -2.04. The van der Waals surface area contributed by atoms with E-state index in [9.17, 15) is 9.59 Å². The first-order chi connectivity index (χ1) is 10.1. The van der Waals surface area contributed by atoms with Gasteiger partial charge < -0.3 is 9.64 Å². The van der Waals surface area contributed by atoms with Crippen molar-refractivity contribution < 1.29 is 14.3 Å². The second-order valence-corrected chi connectivity index (χ2v) is 5.83. The fourth-order valence-corrected chi connectivity index (χ4v) is 3.07. The van der Waals surface area contributed by atoms with E-state index in [0.29, 0.717) is 13.1 Å². The van der Waals surface area contributed by atoms with E-state index in [2.05, 4.69) is 0 Å². The predicted octanol–water partition coefficient (Wildman–Crippen LogP) is 2.19. The molecule has 3 amide bonds. The van der Waals surface area contributed by atoms with Crippen LogP contribution in [0, 0.1) is 6.92 Å². The molecule has 1 aromatic carbocycles. The van der Waals surface area contributed by atoms with Crippen LogP contribution in [-0.4, -0.2) is 47.0 Å². The van der Waals surface area contributed by atoms with Gasteiger partial charge in [-0.3, -0.25) is 9.69 Å². The average Bonchev–Trinajstić information content (AvgIpc) is 2.99. The minimum atomic E-state index is -0.233. The third-order valence-electron chi connectivity index (χ3n) is 4.05. The molecule has 2 atom stereocenters. The van der Waals surface area contributed by atoms with Gasteiger partial charge in [-0.15, -0.1) is 0 Å². The summed E-state index contributed by atoms with van der Waals surface area (Å²) in [6.07, 6.45) is 1.49. The summed E-state index contributed by atoms with van der Waals surface area (Å²) >= 11 is 0. The molecule has 2 heterocycles. The van der Waals surface area contributed by atoms with Crippen LogP contribution < -0.4 is 4.74 Å². The van der Waals surface area contributed by atoms with Gasteiger partial charge in [-0.25, -0.2) is 4.79 Å². The van der Waals surface area contributed by atoms with Crippen LogP contribution in [0.15, 0.2) is 24.3 Å². The van der Waals surface area contributed by atoms with E-state index < -0.39 is 0 Å². The number of carbonyl (C=O) groups is 2. The molecule has 0 aromatic heterocycles. The number of hydrogen-bond acceptors (Lipinski definition) is 3. The summed E-state index contributed by atoms with van der Waals surface area (Å²) in [6.45, 7) is 4.88. The normalized spacial score (nSPS) is 22.7. The summed E-state index contributed by atoms with van der Waals surface area (Å²) in [6, 6.07) is 7.36. The standard InChI is InChI=1S/C16H20N2O3/c1-11-5-3-6-13(9-11)21-12(2)10-18-15(19)14-7-4-8-17(14)16(18)20/h3,5-6,9,12,14H,4,7-8,10H2,1-2H3/t12-,14-/m0/s1. The number of benzene rings is 1. The highest BCUT2D eigenvalue weighted by molar-refractivity contribution is 6.04. The molecule has 0 bridgehead atoms. The quantitative estimate of drug-likeness (QED) is 0.798. The first-order valence-electron chi connectivity index (χ1n) is 7.41. The molecule has 3 rings (SSSR count). The average molecular weight is 288 g/mol. The van der Waals surface area contributed by atoms with Crippen molar-refractivity contribution in [1.82, 2.24) is 9.80 Å². The highest BCUT2D eigenvalue weighted by Crippen LogP contribution is 2.27. The number of amides is 3. The summed E-state index contributed by atoms with van der Waals surface area (Å²) in [5.74, 6) is 0.694. The van der Waals surface area contributed by atoms with Gasteiger partial charge in [0.15, 0.2) is 0 Å². The van der Waals surface area contributed by atoms with Crippen molar-refractivity contribution in [2.24, 2.45) is 0 Å². The molecule has 5 nitrogen and oxygen atoms in total. The molecule has 1 aromatic rings. The lowest BCUT2D eigenvalue weighted by molar-refractivity contribution is -0.128. The third kappa shape index (κ3) is 2.60. The lowest BCUT2D eigenvalue weighted by Gasteiger charge is -2.21. The fourth-order valence-electron chi connectivity index (χ4n) is 3.07. The van der Waals surface area contributed by atoms with Crippen molar-refractivity contribution in [3.63, 3.8) is 0 Å². The fraction of sp³-hybridized carbons (Fsp3) is 0.500. The zero-order chi connectivity index (χ0) is 15.0. The zero-order valence-corrected chi connectivity index (χ0v) is 12.4. The molecule has 0 aliphatic carbocycles. The van der Waals surface area contributed by atoms with Gasteiger partial charge >= 0.3 is 6.03 Å². The Morgan fingerprint density at radius 2 is 2.19 bits per heavy atom. The van der Waals surface area contributed by atoms with Gasteiger partial charge in [-0.1, -0.05) is 12.1 Å². The van der Waals surface area contributed by atoms with Crippen LogP contribution in [0.2, 0.25) is 0 Å². The first kappa shape index (κ1) is 13.9. The highest BCUT2D eigenvalue weighted by atomic mass is 16.5. The van der Waals surface area contributed by atoms with Gasteiger partial charge in [0.1, 0.15) is 17.9 Å². The Balaban J connectivity index is 1.64. The predicted molar refractivity (Wildman–Crippen MR) is 78.1 cm³/mol. The molecule has 2 aliphatic heterocycles. The maximum Gasteiger partial charge on any atom is 0.327 e. The zero-order valence-electron chi connectivity index (χ0n) is 12.4. The van der Waals surface area contributed by atoms with Crippen molar-refractivity contribution in [1.29, 1.82) is 0 Å². The van der Waals surface area contributed by atoms with E-state index in [-0.39, 0.29) is 24.1 Å². The summed E-state index contributed by atoms with van der Waals surface area (Å²) in [4.78, 5) is 27.5. The Labute approximate surface area is 124 Å². The molecule has 112 valence electrons. The number of imide groups is 1. The Morgan fingerprint density at radius 1 is 1.38 bits per heavy atom. The van der Waals surface area contributed by atoms with Gasteiger partial charge in [0, 0.05) is 6.54 Å². The third-order valence-corrected chi connectivity index (χ3v) is 4.05. The van der Waals surface area contributed by atoms with E-state index >= 15 is 0 Å². The Bertz CT molecular complexity index is 550. The number of hydrogen-bond donors (Lipinski definition) is 0. The molecule has 0 radical (unpaired) electrons. The van der Waals surface area contributed by atoms with Crippen molar-refractivity contribution in [3.05, 3.63) is 29.8 Å². The molecule has 5 heteroatoms. The van der Waals surface area contributed by atoms with E-state index in [1.54, 1.807) is 4.90 Å². The van der Waals surface area contributed by atoms with Crippen molar-refractivity contribution in [3.8, 4) is 5.75 Å². The molecule has 0 N–H and O–H groups in total.